The van der Waals surface area contributed by atoms with Gasteiger partial charge in [-0.05, 0) is 9.03 Å². The van der Waals surface area contributed by atoms with Gasteiger partial charge in [0.25, 0.3) is 0 Å². The summed E-state index contributed by atoms with van der Waals surface area (Å²) in [6.07, 6.45) is 0.715. The van der Waals surface area contributed by atoms with Crippen molar-refractivity contribution in [1.29, 1.82) is 0 Å². The Labute approximate surface area is 32.5 Å². The Bertz CT molecular complexity index is 38.9. The van der Waals surface area contributed by atoms with Gasteiger partial charge in [-0.25, -0.2) is 0 Å². The largest absolute Gasteiger partial charge is 0.301 e. The molecule has 0 aliphatic carbocycles. The van der Waals surface area contributed by atoms with E-state index in [4.69, 9.17) is 0 Å². The van der Waals surface area contributed by atoms with Gasteiger partial charge in [0.15, 0.2) is 0 Å². The molecule has 28 valence electrons. The third kappa shape index (κ3) is 3.77. The maximum atomic E-state index is 9.28. The molecule has 0 aromatic rings. The first-order valence-corrected chi connectivity index (χ1v) is 1.63. The van der Waals surface area contributed by atoms with Crippen LogP contribution in [0.3, 0.4) is 0 Å². The van der Waals surface area contributed by atoms with Gasteiger partial charge < -0.3 is 4.79 Å². The van der Waals surface area contributed by atoms with Crippen LogP contribution in [0.15, 0.2) is 4.74 Å². The van der Waals surface area contributed by atoms with E-state index in [1.54, 1.807) is 0 Å². The van der Waals surface area contributed by atoms with Gasteiger partial charge in [0.2, 0.25) is 0 Å². The van der Waals surface area contributed by atoms with Gasteiger partial charge >= 0.3 is 0 Å². The number of carbonyl (C=O) groups is 1. The second-order valence-corrected chi connectivity index (χ2v) is 0.824. The summed E-state index contributed by atoms with van der Waals surface area (Å²) in [6.45, 7) is 0.247. The maximum Gasteiger partial charge on any atom is 0.141 e. The molecule has 0 heterocycles. The lowest BCUT2D eigenvalue weighted by atomic mass is 10.8. The van der Waals surface area contributed by atoms with Crippen LogP contribution in [0.2, 0.25) is 0 Å². The number of carbonyl (C=O) groups excluding carboxylic acids is 1. The summed E-state index contributed by atoms with van der Waals surface area (Å²) in [4.78, 5) is 9.28. The highest BCUT2D eigenvalue weighted by Gasteiger charge is 1.59. The van der Waals surface area contributed by atoms with E-state index in [0.29, 0.717) is 6.29 Å². The molecule has 2 nitrogen and oxygen atoms in total. The Morgan fingerprint density at radius 3 is 2.60 bits per heavy atom. The third-order valence-electron chi connectivity index (χ3n) is 0.166. The number of rotatable bonds is 2. The molecular formula is C2H4NOP. The molecular weight excluding hydrogens is 85.0 g/mol. The molecule has 0 bridgehead atoms. The maximum absolute atomic E-state index is 9.28. The molecule has 0 N–H and O–H groups in total. The van der Waals surface area contributed by atoms with Crippen molar-refractivity contribution in [3.05, 3.63) is 0 Å². The van der Waals surface area contributed by atoms with Crippen LogP contribution in [0, 0.1) is 0 Å². The highest BCUT2D eigenvalue weighted by molar-refractivity contribution is 7.04. The molecule has 0 amide bonds. The number of nitrogens with zero attached hydrogens (tertiary/aromatic N) is 1. The van der Waals surface area contributed by atoms with Crippen molar-refractivity contribution < 1.29 is 4.79 Å². The molecule has 0 aromatic heterocycles. The zero-order valence-corrected chi connectivity index (χ0v) is 3.64. The van der Waals surface area contributed by atoms with E-state index in [9.17, 15) is 4.79 Å². The van der Waals surface area contributed by atoms with Gasteiger partial charge in [-0.15, -0.1) is 0 Å². The fraction of sp³-hybridized carbons (Fsp3) is 0.500. The molecule has 0 rings (SSSR count). The zero-order chi connectivity index (χ0) is 4.12. The van der Waals surface area contributed by atoms with E-state index in [2.05, 4.69) is 13.8 Å². The SMILES string of the molecule is O=CCN=P. The van der Waals surface area contributed by atoms with E-state index in [0.717, 1.165) is 0 Å². The second kappa shape index (κ2) is 3.77. The van der Waals surface area contributed by atoms with Crippen molar-refractivity contribution in [2.45, 2.75) is 0 Å². The number of hydrogen-bond donors (Lipinski definition) is 0. The van der Waals surface area contributed by atoms with Crippen LogP contribution in [-0.2, 0) is 4.79 Å². The Kier molecular flexibility index (Phi) is 3.60. The normalized spacial score (nSPS) is 6.40. The second-order valence-electron chi connectivity index (χ2n) is 0.507. The lowest BCUT2D eigenvalue weighted by molar-refractivity contribution is -0.106. The summed E-state index contributed by atoms with van der Waals surface area (Å²) in [5.74, 6) is 0. The van der Waals surface area contributed by atoms with Crippen LogP contribution >= 0.6 is 9.03 Å². The fourth-order valence-corrected chi connectivity index (χ4v) is 0.112. The average molecular weight is 89.0 g/mol. The van der Waals surface area contributed by atoms with Crippen LogP contribution in [0.5, 0.6) is 0 Å². The molecule has 0 saturated carbocycles. The zero-order valence-electron chi connectivity index (χ0n) is 2.64. The quantitative estimate of drug-likeness (QED) is 0.358. The summed E-state index contributed by atoms with van der Waals surface area (Å²) >= 11 is 0. The van der Waals surface area contributed by atoms with Crippen LogP contribution in [0.4, 0.5) is 0 Å². The summed E-state index contributed by atoms with van der Waals surface area (Å²) in [6, 6.07) is 0. The van der Waals surface area contributed by atoms with Crippen molar-refractivity contribution in [1.82, 2.24) is 0 Å². The molecule has 5 heavy (non-hydrogen) atoms. The molecule has 0 spiro atoms. The Balaban J connectivity index is 2.65. The summed E-state index contributed by atoms with van der Waals surface area (Å²) < 4.78 is 3.29. The monoisotopic (exact) mass is 89.0 g/mol. The molecule has 0 aliphatic rings. The predicted octanol–water partition coefficient (Wildman–Crippen LogP) is 0.512. The van der Waals surface area contributed by atoms with E-state index in [1.807, 2.05) is 0 Å². The third-order valence-corrected chi connectivity index (χ3v) is 0.348. The molecule has 0 radical (unpaired) electrons. The molecule has 0 aliphatic heterocycles. The van der Waals surface area contributed by atoms with Crippen molar-refractivity contribution in [3.8, 4) is 0 Å². The van der Waals surface area contributed by atoms with Gasteiger partial charge in [0.1, 0.15) is 6.29 Å². The lowest BCUT2D eigenvalue weighted by Gasteiger charge is -1.61. The lowest BCUT2D eigenvalue weighted by Crippen LogP contribution is -1.70. The summed E-state index contributed by atoms with van der Waals surface area (Å²) in [5, 5.41) is 0. The van der Waals surface area contributed by atoms with Crippen molar-refractivity contribution in [3.63, 3.8) is 0 Å². The van der Waals surface area contributed by atoms with Crippen LogP contribution in [0.25, 0.3) is 0 Å². The van der Waals surface area contributed by atoms with Gasteiger partial charge in [0, 0.05) is 0 Å². The predicted molar refractivity (Wildman–Crippen MR) is 21.7 cm³/mol. The Morgan fingerprint density at radius 1 is 2.00 bits per heavy atom. The van der Waals surface area contributed by atoms with E-state index in [1.165, 1.54) is 0 Å². The molecule has 0 saturated heterocycles. The Morgan fingerprint density at radius 2 is 2.60 bits per heavy atom. The highest BCUT2D eigenvalue weighted by atomic mass is 31.0. The van der Waals surface area contributed by atoms with Gasteiger partial charge in [0.05, 0.1) is 6.54 Å². The standard InChI is InChI=1S/C2H4NOP/c4-2-1-3-5/h2,5H,1H2. The van der Waals surface area contributed by atoms with Crippen molar-refractivity contribution in [2.24, 2.45) is 4.74 Å². The number of aldehydes is 1. The first kappa shape index (κ1) is 4.77. The highest BCUT2D eigenvalue weighted by Crippen LogP contribution is 1.64. The number of hydrogen-bond acceptors (Lipinski definition) is 2. The van der Waals surface area contributed by atoms with Crippen LogP contribution < -0.4 is 0 Å². The average Bonchev–Trinajstić information content (AvgIpc) is 1.41. The first-order valence-electron chi connectivity index (χ1n) is 1.18. The van der Waals surface area contributed by atoms with Gasteiger partial charge in [-0.3, -0.25) is 4.74 Å². The van der Waals surface area contributed by atoms with E-state index < -0.39 is 0 Å². The van der Waals surface area contributed by atoms with Gasteiger partial charge in [-0.2, -0.15) is 0 Å². The minimum absolute atomic E-state index is 0.247. The van der Waals surface area contributed by atoms with Crippen LogP contribution in [0.1, 0.15) is 0 Å². The summed E-state index contributed by atoms with van der Waals surface area (Å²) in [7, 11) is 2.74. The summed E-state index contributed by atoms with van der Waals surface area (Å²) in [5.41, 5.74) is 0. The van der Waals surface area contributed by atoms with Crippen LogP contribution in [-0.4, -0.2) is 12.8 Å². The smallest absolute Gasteiger partial charge is 0.141 e. The molecule has 0 unspecified atom stereocenters. The topological polar surface area (TPSA) is 29.4 Å². The van der Waals surface area contributed by atoms with E-state index in [-0.39, 0.29) is 6.54 Å². The fourth-order valence-electron chi connectivity index (χ4n) is 0.0373. The minimum atomic E-state index is 0.247. The van der Waals surface area contributed by atoms with Crippen molar-refractivity contribution >= 4 is 15.3 Å². The first-order chi connectivity index (χ1) is 2.41. The molecule has 0 aromatic carbocycles. The van der Waals surface area contributed by atoms with Crippen molar-refractivity contribution in [2.75, 3.05) is 6.54 Å². The molecule has 3 heteroatoms. The molecule has 0 fully saturated rings. The van der Waals surface area contributed by atoms with Gasteiger partial charge in [-0.1, -0.05) is 0 Å². The van der Waals surface area contributed by atoms with E-state index >= 15 is 0 Å². The Hall–Kier alpha value is -0.230. The minimum Gasteiger partial charge on any atom is -0.301 e. The molecule has 0 atom stereocenters.